The van der Waals surface area contributed by atoms with E-state index in [4.69, 9.17) is 9.84 Å². The Morgan fingerprint density at radius 1 is 1.41 bits per heavy atom. The number of carboxylic acids is 1. The number of benzene rings is 1. The molecule has 22 heavy (non-hydrogen) atoms. The third-order valence-electron chi connectivity index (χ3n) is 3.29. The van der Waals surface area contributed by atoms with Crippen LogP contribution in [0.15, 0.2) is 28.7 Å². The van der Waals surface area contributed by atoms with Crippen LogP contribution in [0.1, 0.15) is 23.8 Å². The summed E-state index contributed by atoms with van der Waals surface area (Å²) in [5, 5.41) is 12.6. The summed E-state index contributed by atoms with van der Waals surface area (Å²) in [6, 6.07) is 7.50. The zero-order valence-electron chi connectivity index (χ0n) is 12.3. The van der Waals surface area contributed by atoms with Gasteiger partial charge in [0.15, 0.2) is 0 Å². The van der Waals surface area contributed by atoms with E-state index < -0.39 is 11.5 Å². The number of aliphatic carboxylic acids is 1. The Hall–Kier alpha value is -1.86. The van der Waals surface area contributed by atoms with Crippen LogP contribution < -0.4 is 5.32 Å². The van der Waals surface area contributed by atoms with Gasteiger partial charge in [0.2, 0.25) is 0 Å². The molecule has 0 aliphatic rings. The molecule has 2 rings (SSSR count). The predicted octanol–water partition coefficient (Wildman–Crippen LogP) is 2.54. The van der Waals surface area contributed by atoms with Crippen molar-refractivity contribution in [1.82, 2.24) is 10.3 Å². The number of rotatable bonds is 6. The number of aromatic amines is 1. The number of carboxylic acid groups (broad SMARTS) is 1. The number of nitrogens with one attached hydrogen (secondary N) is 2. The molecule has 0 saturated heterocycles. The van der Waals surface area contributed by atoms with Crippen molar-refractivity contribution in [2.24, 2.45) is 0 Å². The first-order valence-electron chi connectivity index (χ1n) is 6.66. The van der Waals surface area contributed by atoms with E-state index >= 15 is 0 Å². The molecule has 2 aromatic rings. The van der Waals surface area contributed by atoms with E-state index in [2.05, 4.69) is 26.2 Å². The molecule has 1 amide bonds. The Morgan fingerprint density at radius 2 is 2.09 bits per heavy atom. The molecular formula is C15H17BrN2O4. The number of fused-ring (bicyclic) bond motifs is 1. The fraction of sp³-hybridized carbons (Fsp3) is 0.333. The highest BCUT2D eigenvalue weighted by atomic mass is 79.9. The van der Waals surface area contributed by atoms with Crippen LogP contribution in [-0.4, -0.2) is 41.2 Å². The van der Waals surface area contributed by atoms with Crippen molar-refractivity contribution in [1.29, 1.82) is 0 Å². The summed E-state index contributed by atoms with van der Waals surface area (Å²) in [4.78, 5) is 26.5. The number of amides is 1. The maximum absolute atomic E-state index is 12.5. The van der Waals surface area contributed by atoms with Crippen molar-refractivity contribution < 1.29 is 19.4 Å². The average Bonchev–Trinajstić information content (AvgIpc) is 2.76. The molecule has 0 saturated carbocycles. The van der Waals surface area contributed by atoms with E-state index in [-0.39, 0.29) is 18.9 Å². The Kier molecular flexibility index (Phi) is 4.87. The second-order valence-electron chi connectivity index (χ2n) is 5.38. The summed E-state index contributed by atoms with van der Waals surface area (Å²) in [7, 11) is 1.46. The number of carbonyl (C=O) groups is 2. The highest BCUT2D eigenvalue weighted by Crippen LogP contribution is 2.28. The van der Waals surface area contributed by atoms with E-state index in [1.807, 2.05) is 24.3 Å². The lowest BCUT2D eigenvalue weighted by Crippen LogP contribution is -2.50. The van der Waals surface area contributed by atoms with E-state index in [0.717, 1.165) is 10.9 Å². The van der Waals surface area contributed by atoms with Crippen LogP contribution in [0.3, 0.4) is 0 Å². The molecule has 0 spiro atoms. The number of H-pyrrole nitrogens is 1. The van der Waals surface area contributed by atoms with E-state index in [1.54, 1.807) is 6.92 Å². The van der Waals surface area contributed by atoms with Crippen LogP contribution in [0.2, 0.25) is 0 Å². The van der Waals surface area contributed by atoms with E-state index in [0.29, 0.717) is 10.2 Å². The van der Waals surface area contributed by atoms with Gasteiger partial charge in [-0.15, -0.1) is 0 Å². The molecule has 0 radical (unpaired) electrons. The lowest BCUT2D eigenvalue weighted by Gasteiger charge is -2.28. The molecule has 1 unspecified atom stereocenters. The van der Waals surface area contributed by atoms with Gasteiger partial charge in [-0.25, -0.2) is 0 Å². The molecule has 1 atom stereocenters. The van der Waals surface area contributed by atoms with Crippen molar-refractivity contribution in [3.8, 4) is 0 Å². The van der Waals surface area contributed by atoms with E-state index in [9.17, 15) is 9.59 Å². The van der Waals surface area contributed by atoms with Crippen molar-refractivity contribution in [2.75, 3.05) is 13.7 Å². The van der Waals surface area contributed by atoms with Crippen molar-refractivity contribution in [3.05, 3.63) is 34.4 Å². The van der Waals surface area contributed by atoms with Crippen LogP contribution >= 0.6 is 15.9 Å². The normalized spacial score (nSPS) is 13.8. The van der Waals surface area contributed by atoms with Gasteiger partial charge < -0.3 is 20.1 Å². The van der Waals surface area contributed by atoms with Gasteiger partial charge in [0.1, 0.15) is 5.69 Å². The Bertz CT molecular complexity index is 713. The Labute approximate surface area is 136 Å². The van der Waals surface area contributed by atoms with Gasteiger partial charge in [0.05, 0.1) is 23.0 Å². The highest BCUT2D eigenvalue weighted by Gasteiger charge is 2.31. The highest BCUT2D eigenvalue weighted by molar-refractivity contribution is 9.10. The molecule has 1 heterocycles. The molecule has 0 aliphatic carbocycles. The SMILES string of the molecule is COCC(C)(CC(=O)O)NC(=O)c1[nH]c2ccccc2c1Br. The zero-order chi connectivity index (χ0) is 16.3. The standard InChI is InChI=1S/C15H17BrN2O4/c1-15(8-22-2,7-11(19)20)18-14(21)13-12(16)9-5-3-4-6-10(9)17-13/h3-6,17H,7-8H2,1-2H3,(H,18,21)(H,19,20). The fourth-order valence-electron chi connectivity index (χ4n) is 2.38. The second kappa shape index (κ2) is 6.50. The van der Waals surface area contributed by atoms with Gasteiger partial charge in [-0.1, -0.05) is 18.2 Å². The van der Waals surface area contributed by atoms with Crippen molar-refractivity contribution >= 4 is 38.7 Å². The van der Waals surface area contributed by atoms with Gasteiger partial charge in [-0.05, 0) is 28.9 Å². The maximum Gasteiger partial charge on any atom is 0.305 e. The first kappa shape index (κ1) is 16.5. The quantitative estimate of drug-likeness (QED) is 0.730. The molecule has 6 nitrogen and oxygen atoms in total. The maximum atomic E-state index is 12.5. The second-order valence-corrected chi connectivity index (χ2v) is 6.17. The third kappa shape index (κ3) is 3.48. The number of methoxy groups -OCH3 is 1. The summed E-state index contributed by atoms with van der Waals surface area (Å²) in [6.45, 7) is 1.74. The summed E-state index contributed by atoms with van der Waals surface area (Å²) < 4.78 is 5.68. The van der Waals surface area contributed by atoms with Crippen LogP contribution in [0, 0.1) is 0 Å². The van der Waals surface area contributed by atoms with Gasteiger partial charge in [0.25, 0.3) is 5.91 Å². The smallest absolute Gasteiger partial charge is 0.305 e. The fourth-order valence-corrected chi connectivity index (χ4v) is 3.01. The van der Waals surface area contributed by atoms with E-state index in [1.165, 1.54) is 7.11 Å². The predicted molar refractivity (Wildman–Crippen MR) is 86.0 cm³/mol. The molecule has 1 aromatic heterocycles. The number of aromatic nitrogens is 1. The minimum absolute atomic E-state index is 0.100. The van der Waals surface area contributed by atoms with Gasteiger partial charge in [-0.2, -0.15) is 0 Å². The zero-order valence-corrected chi connectivity index (χ0v) is 13.9. The molecule has 3 N–H and O–H groups in total. The minimum Gasteiger partial charge on any atom is -0.481 e. The molecule has 0 aliphatic heterocycles. The number of para-hydroxylation sites is 1. The first-order valence-corrected chi connectivity index (χ1v) is 7.45. The van der Waals surface area contributed by atoms with Crippen LogP contribution in [0.25, 0.3) is 10.9 Å². The molecule has 0 bridgehead atoms. The summed E-state index contributed by atoms with van der Waals surface area (Å²) in [6.07, 6.45) is -0.232. The number of ether oxygens (including phenoxy) is 1. The molecular weight excluding hydrogens is 352 g/mol. The Balaban J connectivity index is 2.29. The largest absolute Gasteiger partial charge is 0.481 e. The molecule has 1 aromatic carbocycles. The van der Waals surface area contributed by atoms with Gasteiger partial charge in [-0.3, -0.25) is 9.59 Å². The minimum atomic E-state index is -1.00. The summed E-state index contributed by atoms with van der Waals surface area (Å²) in [5.74, 6) is -1.39. The van der Waals surface area contributed by atoms with Crippen LogP contribution in [-0.2, 0) is 9.53 Å². The lowest BCUT2D eigenvalue weighted by molar-refractivity contribution is -0.139. The number of hydrogen-bond acceptors (Lipinski definition) is 3. The topological polar surface area (TPSA) is 91.4 Å². The lowest BCUT2D eigenvalue weighted by atomic mass is 9.98. The number of carbonyl (C=O) groups excluding carboxylic acids is 1. The average molecular weight is 369 g/mol. The van der Waals surface area contributed by atoms with Crippen molar-refractivity contribution in [2.45, 2.75) is 18.9 Å². The molecule has 0 fully saturated rings. The summed E-state index contributed by atoms with van der Waals surface area (Å²) >= 11 is 3.41. The Morgan fingerprint density at radius 3 is 2.68 bits per heavy atom. The summed E-state index contributed by atoms with van der Waals surface area (Å²) in [5.41, 5.74) is 0.189. The van der Waals surface area contributed by atoms with Crippen LogP contribution in [0.4, 0.5) is 0 Å². The first-order chi connectivity index (χ1) is 10.4. The third-order valence-corrected chi connectivity index (χ3v) is 4.11. The molecule has 7 heteroatoms. The van der Waals surface area contributed by atoms with Gasteiger partial charge >= 0.3 is 5.97 Å². The van der Waals surface area contributed by atoms with Gasteiger partial charge in [0, 0.05) is 18.0 Å². The number of halogens is 1. The van der Waals surface area contributed by atoms with Crippen molar-refractivity contribution in [3.63, 3.8) is 0 Å². The monoisotopic (exact) mass is 368 g/mol. The number of hydrogen-bond donors (Lipinski definition) is 3. The molecule has 118 valence electrons. The van der Waals surface area contributed by atoms with Crippen LogP contribution in [0.5, 0.6) is 0 Å².